The van der Waals surface area contributed by atoms with Crippen LogP contribution in [0.2, 0.25) is 0 Å². The summed E-state index contributed by atoms with van der Waals surface area (Å²) < 4.78 is 6.58. The Morgan fingerprint density at radius 2 is 1.90 bits per heavy atom. The minimum absolute atomic E-state index is 0.0167. The average molecular weight is 456 g/mol. The average Bonchev–Trinajstić information content (AvgIpc) is 3.24. The Balaban J connectivity index is 1.59. The molecule has 7 heteroatoms. The summed E-state index contributed by atoms with van der Waals surface area (Å²) in [6.45, 7) is 9.33. The number of carbonyl (C=O) groups excluding carboxylic acids is 1. The van der Waals surface area contributed by atoms with E-state index in [4.69, 9.17) is 9.72 Å². The van der Waals surface area contributed by atoms with Crippen molar-refractivity contribution in [3.05, 3.63) is 53.1 Å². The maximum absolute atomic E-state index is 13.5. The van der Waals surface area contributed by atoms with Gasteiger partial charge in [-0.25, -0.2) is 4.98 Å². The van der Waals surface area contributed by atoms with Crippen molar-refractivity contribution in [2.75, 3.05) is 50.5 Å². The van der Waals surface area contributed by atoms with Gasteiger partial charge in [0.05, 0.1) is 23.4 Å². The molecule has 0 bridgehead atoms. The molecule has 0 atom stereocenters. The highest BCUT2D eigenvalue weighted by Crippen LogP contribution is 2.33. The Bertz CT molecular complexity index is 1040. The van der Waals surface area contributed by atoms with Crippen LogP contribution in [0.25, 0.3) is 10.2 Å². The lowest BCUT2D eigenvalue weighted by atomic mass is 10.1. The van der Waals surface area contributed by atoms with Gasteiger partial charge in [-0.2, -0.15) is 0 Å². The van der Waals surface area contributed by atoms with Gasteiger partial charge in [-0.05, 0) is 68.0 Å². The Labute approximate surface area is 192 Å². The number of anilines is 1. The number of thiazole rings is 1. The molecule has 0 saturated carbocycles. The second-order valence-electron chi connectivity index (χ2n) is 7.84. The van der Waals surface area contributed by atoms with Crippen molar-refractivity contribution in [2.45, 2.75) is 25.2 Å². The molecule has 0 radical (unpaired) electrons. The molecule has 0 aliphatic carbocycles. The number of rotatable bonds is 7. The smallest absolute Gasteiger partial charge is 0.260 e. The maximum Gasteiger partial charge on any atom is 0.260 e. The first-order valence-electron chi connectivity index (χ1n) is 10.7. The van der Waals surface area contributed by atoms with Crippen LogP contribution in [0.3, 0.4) is 0 Å². The fourth-order valence-corrected chi connectivity index (χ4v) is 5.24. The van der Waals surface area contributed by atoms with E-state index in [2.05, 4.69) is 30.9 Å². The number of hydrogen-bond donors (Lipinski definition) is 0. The fourth-order valence-electron chi connectivity index (χ4n) is 3.78. The van der Waals surface area contributed by atoms with Crippen molar-refractivity contribution in [1.29, 1.82) is 0 Å². The number of ether oxygens (including phenoxy) is 1. The second kappa shape index (κ2) is 10.1. The number of fused-ring (bicyclic) bond motifs is 1. The van der Waals surface area contributed by atoms with Crippen LogP contribution in [-0.4, -0.2) is 61.4 Å². The summed E-state index contributed by atoms with van der Waals surface area (Å²) in [4.78, 5) is 23.8. The summed E-state index contributed by atoms with van der Waals surface area (Å²) in [5.41, 5.74) is 4.12. The van der Waals surface area contributed by atoms with Crippen molar-refractivity contribution in [1.82, 2.24) is 9.88 Å². The van der Waals surface area contributed by atoms with E-state index in [0.29, 0.717) is 12.1 Å². The van der Waals surface area contributed by atoms with Crippen molar-refractivity contribution < 1.29 is 9.53 Å². The molecular weight excluding hydrogens is 426 g/mol. The first kappa shape index (κ1) is 22.3. The normalized spacial score (nSPS) is 14.8. The predicted octanol–water partition coefficient (Wildman–Crippen LogP) is 5.00. The molecule has 0 spiro atoms. The summed E-state index contributed by atoms with van der Waals surface area (Å²) in [5.74, 6) is 0.0167. The fraction of sp³-hybridized carbons (Fsp3) is 0.417. The highest BCUT2D eigenvalue weighted by Gasteiger charge is 2.22. The second-order valence-corrected chi connectivity index (χ2v) is 9.73. The molecule has 2 heterocycles. The third-order valence-electron chi connectivity index (χ3n) is 5.85. The SMILES string of the molecule is CSc1ccc(C(=O)N(CCCN2CCOCC2)c2nc3c(C)c(C)ccc3s2)cc1. The zero-order valence-corrected chi connectivity index (χ0v) is 20.0. The standard InChI is InChI=1S/C24H29N3O2S2/c1-17-5-10-21-22(18(17)2)25-24(31-21)27(12-4-11-26-13-15-29-16-14-26)23(28)19-6-8-20(30-3)9-7-19/h5-10H,4,11-16H2,1-3H3. The monoisotopic (exact) mass is 455 g/mol. The van der Waals surface area contributed by atoms with Gasteiger partial charge in [0.2, 0.25) is 0 Å². The minimum Gasteiger partial charge on any atom is -0.379 e. The molecule has 2 aromatic carbocycles. The highest BCUT2D eigenvalue weighted by molar-refractivity contribution is 7.98. The first-order valence-corrected chi connectivity index (χ1v) is 12.7. The van der Waals surface area contributed by atoms with E-state index in [-0.39, 0.29) is 5.91 Å². The molecule has 0 unspecified atom stereocenters. The molecule has 1 saturated heterocycles. The van der Waals surface area contributed by atoms with Crippen LogP contribution in [0.5, 0.6) is 0 Å². The van der Waals surface area contributed by atoms with Crippen LogP contribution in [0.1, 0.15) is 27.9 Å². The first-order chi connectivity index (χ1) is 15.1. The van der Waals surface area contributed by atoms with Crippen LogP contribution in [0.4, 0.5) is 5.13 Å². The summed E-state index contributed by atoms with van der Waals surface area (Å²) >= 11 is 3.28. The molecule has 1 aromatic heterocycles. The molecule has 164 valence electrons. The molecule has 1 aliphatic heterocycles. The molecule has 1 amide bonds. The number of carbonyl (C=O) groups is 1. The number of nitrogens with zero attached hydrogens (tertiary/aromatic N) is 3. The number of aryl methyl sites for hydroxylation is 2. The number of aromatic nitrogens is 1. The van der Waals surface area contributed by atoms with E-state index in [1.165, 1.54) is 11.1 Å². The third-order valence-corrected chi connectivity index (χ3v) is 7.63. The van der Waals surface area contributed by atoms with Gasteiger partial charge in [-0.1, -0.05) is 17.4 Å². The predicted molar refractivity (Wildman–Crippen MR) is 131 cm³/mol. The molecule has 1 fully saturated rings. The molecule has 5 nitrogen and oxygen atoms in total. The summed E-state index contributed by atoms with van der Waals surface area (Å²) in [6, 6.07) is 12.1. The van der Waals surface area contributed by atoms with Crippen molar-refractivity contribution in [3.8, 4) is 0 Å². The quantitative estimate of drug-likeness (QED) is 0.469. The summed E-state index contributed by atoms with van der Waals surface area (Å²) in [5, 5.41) is 0.782. The lowest BCUT2D eigenvalue weighted by molar-refractivity contribution is 0.0376. The zero-order valence-electron chi connectivity index (χ0n) is 18.4. The van der Waals surface area contributed by atoms with Crippen LogP contribution in [0.15, 0.2) is 41.3 Å². The largest absolute Gasteiger partial charge is 0.379 e. The van der Waals surface area contributed by atoms with Gasteiger partial charge in [0.1, 0.15) is 0 Å². The van der Waals surface area contributed by atoms with Gasteiger partial charge in [0, 0.05) is 36.6 Å². The van der Waals surface area contributed by atoms with E-state index >= 15 is 0 Å². The molecule has 31 heavy (non-hydrogen) atoms. The summed E-state index contributed by atoms with van der Waals surface area (Å²) in [6.07, 6.45) is 2.95. The van der Waals surface area contributed by atoms with Gasteiger partial charge >= 0.3 is 0 Å². The van der Waals surface area contributed by atoms with Crippen LogP contribution in [-0.2, 0) is 4.74 Å². The van der Waals surface area contributed by atoms with Crippen molar-refractivity contribution in [2.24, 2.45) is 0 Å². The molecular formula is C24H29N3O2S2. The highest BCUT2D eigenvalue weighted by atomic mass is 32.2. The van der Waals surface area contributed by atoms with E-state index in [1.54, 1.807) is 23.1 Å². The Hall–Kier alpha value is -1.93. The van der Waals surface area contributed by atoms with E-state index in [1.807, 2.05) is 35.4 Å². The molecule has 3 aromatic rings. The number of amides is 1. The molecule has 4 rings (SSSR count). The zero-order chi connectivity index (χ0) is 21.8. The maximum atomic E-state index is 13.5. The lowest BCUT2D eigenvalue weighted by Crippen LogP contribution is -2.39. The van der Waals surface area contributed by atoms with E-state index < -0.39 is 0 Å². The Morgan fingerprint density at radius 1 is 1.16 bits per heavy atom. The van der Waals surface area contributed by atoms with Crippen LogP contribution in [0, 0.1) is 13.8 Å². The topological polar surface area (TPSA) is 45.7 Å². The van der Waals surface area contributed by atoms with Gasteiger partial charge in [-0.3, -0.25) is 14.6 Å². The third kappa shape index (κ3) is 5.12. The Kier molecular flexibility index (Phi) is 7.27. The van der Waals surface area contributed by atoms with Crippen molar-refractivity contribution in [3.63, 3.8) is 0 Å². The van der Waals surface area contributed by atoms with Crippen molar-refractivity contribution >= 4 is 44.4 Å². The molecule has 1 aliphatic rings. The summed E-state index contributed by atoms with van der Waals surface area (Å²) in [7, 11) is 0. The van der Waals surface area contributed by atoms with Gasteiger partial charge in [-0.15, -0.1) is 11.8 Å². The number of thioether (sulfide) groups is 1. The van der Waals surface area contributed by atoms with Crippen LogP contribution >= 0.6 is 23.1 Å². The van der Waals surface area contributed by atoms with E-state index in [9.17, 15) is 4.79 Å². The van der Waals surface area contributed by atoms with Gasteiger partial charge < -0.3 is 4.74 Å². The van der Waals surface area contributed by atoms with E-state index in [0.717, 1.165) is 59.5 Å². The minimum atomic E-state index is 0.0167. The van der Waals surface area contributed by atoms with Crippen LogP contribution < -0.4 is 4.90 Å². The molecule has 0 N–H and O–H groups in total. The van der Waals surface area contributed by atoms with Gasteiger partial charge in [0.25, 0.3) is 5.91 Å². The number of benzene rings is 2. The van der Waals surface area contributed by atoms with Gasteiger partial charge in [0.15, 0.2) is 5.13 Å². The Morgan fingerprint density at radius 3 is 2.61 bits per heavy atom. The lowest BCUT2D eigenvalue weighted by Gasteiger charge is -2.27. The number of hydrogen-bond acceptors (Lipinski definition) is 6. The number of morpholine rings is 1.